The Morgan fingerprint density at radius 3 is 2.51 bits per heavy atom. The van der Waals surface area contributed by atoms with Gasteiger partial charge in [-0.25, -0.2) is 4.98 Å². The zero-order chi connectivity index (χ0) is 26.9. The minimum Gasteiger partial charge on any atom is -0.381 e. The topological polar surface area (TPSA) is 104 Å². The van der Waals surface area contributed by atoms with E-state index in [-0.39, 0.29) is 11.8 Å². The summed E-state index contributed by atoms with van der Waals surface area (Å²) in [5.41, 5.74) is 4.31. The molecule has 0 atom stereocenters. The molecule has 3 aliphatic rings. The Kier molecular flexibility index (Phi) is 7.12. The van der Waals surface area contributed by atoms with Crippen LogP contribution in [-0.2, 0) is 9.53 Å². The van der Waals surface area contributed by atoms with Crippen LogP contribution in [0.3, 0.4) is 0 Å². The van der Waals surface area contributed by atoms with Gasteiger partial charge in [0.25, 0.3) is 5.91 Å². The smallest absolute Gasteiger partial charge is 0.251 e. The van der Waals surface area contributed by atoms with Crippen LogP contribution in [-0.4, -0.2) is 83.3 Å². The number of carbonyl (C=O) groups is 2. The summed E-state index contributed by atoms with van der Waals surface area (Å²) in [4.78, 5) is 33.7. The molecule has 2 saturated heterocycles. The summed E-state index contributed by atoms with van der Waals surface area (Å²) in [7, 11) is 0. The molecule has 2 amide bonds. The first kappa shape index (κ1) is 25.6. The molecule has 1 aromatic carbocycles. The third-order valence-corrected chi connectivity index (χ3v) is 8.11. The van der Waals surface area contributed by atoms with Crippen LogP contribution in [0, 0.1) is 12.8 Å². The van der Waals surface area contributed by atoms with Gasteiger partial charge in [0.1, 0.15) is 11.6 Å². The molecule has 0 radical (unpaired) electrons. The van der Waals surface area contributed by atoms with Gasteiger partial charge in [0.15, 0.2) is 5.65 Å². The molecule has 10 heteroatoms. The van der Waals surface area contributed by atoms with E-state index in [9.17, 15) is 9.59 Å². The number of rotatable bonds is 7. The number of nitrogens with one attached hydrogen (secondary N) is 2. The third-order valence-electron chi connectivity index (χ3n) is 8.11. The van der Waals surface area contributed by atoms with Gasteiger partial charge < -0.3 is 25.2 Å². The lowest BCUT2D eigenvalue weighted by Crippen LogP contribution is -2.48. The van der Waals surface area contributed by atoms with Crippen LogP contribution in [0.1, 0.15) is 48.5 Å². The fourth-order valence-electron chi connectivity index (χ4n) is 5.47. The van der Waals surface area contributed by atoms with Crippen molar-refractivity contribution in [1.29, 1.82) is 0 Å². The zero-order valence-electron chi connectivity index (χ0n) is 22.8. The highest BCUT2D eigenvalue weighted by Crippen LogP contribution is 2.31. The summed E-state index contributed by atoms with van der Waals surface area (Å²) in [5, 5.41) is 11.5. The van der Waals surface area contributed by atoms with Gasteiger partial charge in [0.2, 0.25) is 5.91 Å². The maximum Gasteiger partial charge on any atom is 0.251 e. The Hall–Kier alpha value is -3.66. The number of nitrogens with zero attached hydrogens (tertiary/aromatic N) is 5. The molecule has 6 rings (SSSR count). The zero-order valence-corrected chi connectivity index (χ0v) is 22.8. The van der Waals surface area contributed by atoms with E-state index in [1.165, 1.54) is 0 Å². The van der Waals surface area contributed by atoms with Crippen molar-refractivity contribution in [3.8, 4) is 11.1 Å². The van der Waals surface area contributed by atoms with E-state index in [0.717, 1.165) is 92.5 Å². The summed E-state index contributed by atoms with van der Waals surface area (Å²) in [5.74, 6) is 2.43. The highest BCUT2D eigenvalue weighted by molar-refractivity contribution is 5.97. The number of piperazine rings is 1. The average molecular weight is 532 g/mol. The average Bonchev–Trinajstić information content (AvgIpc) is 3.66. The highest BCUT2D eigenvalue weighted by atomic mass is 16.5. The van der Waals surface area contributed by atoms with Crippen molar-refractivity contribution in [3.05, 3.63) is 41.6 Å². The molecule has 2 N–H and O–H groups in total. The lowest BCUT2D eigenvalue weighted by molar-refractivity contribution is -0.129. The maximum absolute atomic E-state index is 12.7. The second-order valence-electron chi connectivity index (χ2n) is 11.0. The Bertz CT molecular complexity index is 1370. The first-order valence-electron chi connectivity index (χ1n) is 14.1. The third kappa shape index (κ3) is 5.56. The van der Waals surface area contributed by atoms with Crippen LogP contribution in [0.4, 0.5) is 11.6 Å². The number of carbonyl (C=O) groups excluding carboxylic acids is 2. The number of ether oxygens (including phenoxy) is 1. The van der Waals surface area contributed by atoms with Crippen molar-refractivity contribution in [2.24, 2.45) is 5.92 Å². The van der Waals surface area contributed by atoms with E-state index >= 15 is 0 Å². The molecule has 0 bridgehead atoms. The number of anilines is 2. The molecule has 0 spiro atoms. The summed E-state index contributed by atoms with van der Waals surface area (Å²) in [6.45, 7) is 8.90. The first-order valence-corrected chi connectivity index (χ1v) is 14.1. The molecule has 1 saturated carbocycles. The fourth-order valence-corrected chi connectivity index (χ4v) is 5.47. The van der Waals surface area contributed by atoms with Crippen molar-refractivity contribution in [3.63, 3.8) is 0 Å². The second-order valence-corrected chi connectivity index (χ2v) is 11.0. The van der Waals surface area contributed by atoms with E-state index in [1.54, 1.807) is 6.92 Å². The molecule has 2 aromatic heterocycles. The van der Waals surface area contributed by atoms with Gasteiger partial charge in [-0.1, -0.05) is 12.1 Å². The van der Waals surface area contributed by atoms with Gasteiger partial charge >= 0.3 is 0 Å². The second kappa shape index (κ2) is 10.8. The summed E-state index contributed by atoms with van der Waals surface area (Å²) in [6, 6.07) is 8.34. The quantitative estimate of drug-likeness (QED) is 0.483. The Morgan fingerprint density at radius 2 is 1.82 bits per heavy atom. The Labute approximate surface area is 228 Å². The van der Waals surface area contributed by atoms with Gasteiger partial charge in [-0.3, -0.25) is 9.59 Å². The largest absolute Gasteiger partial charge is 0.381 e. The Balaban J connectivity index is 1.32. The van der Waals surface area contributed by atoms with Crippen LogP contribution in [0.2, 0.25) is 0 Å². The lowest BCUT2D eigenvalue weighted by atomic mass is 10.0. The van der Waals surface area contributed by atoms with E-state index in [0.29, 0.717) is 30.6 Å². The van der Waals surface area contributed by atoms with Crippen molar-refractivity contribution in [2.75, 3.05) is 56.2 Å². The van der Waals surface area contributed by atoms with Crippen LogP contribution in [0.15, 0.2) is 30.5 Å². The first-order chi connectivity index (χ1) is 19.0. The minimum atomic E-state index is -0.00822. The predicted octanol–water partition coefficient (Wildman–Crippen LogP) is 3.10. The van der Waals surface area contributed by atoms with Gasteiger partial charge in [-0.05, 0) is 55.7 Å². The Morgan fingerprint density at radius 1 is 1.05 bits per heavy atom. The monoisotopic (exact) mass is 531 g/mol. The maximum atomic E-state index is 12.7. The number of aromatic nitrogens is 3. The minimum absolute atomic E-state index is 0.00822. The molecular formula is C29H37N7O3. The molecule has 39 heavy (non-hydrogen) atoms. The molecule has 2 aliphatic heterocycles. The van der Waals surface area contributed by atoms with Crippen LogP contribution < -0.4 is 15.5 Å². The van der Waals surface area contributed by atoms with Gasteiger partial charge in [-0.15, -0.1) is 0 Å². The summed E-state index contributed by atoms with van der Waals surface area (Å²) >= 11 is 0. The highest BCUT2D eigenvalue weighted by Gasteiger charge is 2.25. The molecule has 1 aliphatic carbocycles. The number of aryl methyl sites for hydroxylation is 1. The number of fused-ring (bicyclic) bond motifs is 1. The predicted molar refractivity (Wildman–Crippen MR) is 150 cm³/mol. The van der Waals surface area contributed by atoms with Crippen LogP contribution >= 0.6 is 0 Å². The number of amides is 2. The molecule has 206 valence electrons. The lowest BCUT2D eigenvalue weighted by Gasteiger charge is -2.35. The van der Waals surface area contributed by atoms with Crippen LogP contribution in [0.5, 0.6) is 0 Å². The molecule has 3 aromatic rings. The van der Waals surface area contributed by atoms with Gasteiger partial charge in [-0.2, -0.15) is 9.61 Å². The van der Waals surface area contributed by atoms with Crippen molar-refractivity contribution >= 4 is 29.1 Å². The van der Waals surface area contributed by atoms with Crippen molar-refractivity contribution < 1.29 is 14.3 Å². The SMILES string of the molecule is CC(=O)N1CCN(c2cc(NCC3CCOCC3)n3ncc(-c4ccc(C(=O)NC5CC5)c(C)c4)c3n2)CC1. The van der Waals surface area contributed by atoms with Crippen LogP contribution in [0.25, 0.3) is 16.8 Å². The van der Waals surface area contributed by atoms with Gasteiger partial charge in [0, 0.05) is 76.1 Å². The summed E-state index contributed by atoms with van der Waals surface area (Å²) < 4.78 is 7.42. The molecule has 0 unspecified atom stereocenters. The standard InChI is InChI=1S/C29H37N7O3/c1-19-15-22(3-6-24(19)29(38)32-23-4-5-23)25-18-31-36-26(30-17-21-7-13-39-14-8-21)16-27(33-28(25)36)35-11-9-34(10-12-35)20(2)37/h3,6,15-16,18,21,23,30H,4-5,7-14,17H2,1-2H3,(H,32,38). The molecule has 10 nitrogen and oxygen atoms in total. The van der Waals surface area contributed by atoms with Crippen molar-refractivity contribution in [1.82, 2.24) is 24.8 Å². The van der Waals surface area contributed by atoms with E-state index in [2.05, 4.69) is 21.6 Å². The van der Waals surface area contributed by atoms with E-state index < -0.39 is 0 Å². The molecule has 3 fully saturated rings. The van der Waals surface area contributed by atoms with Crippen molar-refractivity contribution in [2.45, 2.75) is 45.6 Å². The fraction of sp³-hybridized carbons (Fsp3) is 0.517. The molecule has 4 heterocycles. The summed E-state index contributed by atoms with van der Waals surface area (Å²) in [6.07, 6.45) is 6.08. The number of hydrogen-bond donors (Lipinski definition) is 2. The number of hydrogen-bond acceptors (Lipinski definition) is 7. The number of benzene rings is 1. The van der Waals surface area contributed by atoms with E-state index in [1.807, 2.05) is 40.7 Å². The normalized spacial score (nSPS) is 18.4. The molecular weight excluding hydrogens is 494 g/mol. The van der Waals surface area contributed by atoms with E-state index in [4.69, 9.17) is 14.8 Å². The van der Waals surface area contributed by atoms with Gasteiger partial charge in [0.05, 0.1) is 6.20 Å².